The Hall–Kier alpha value is -1.23. The number of rotatable bonds is 3. The van der Waals surface area contributed by atoms with Crippen molar-refractivity contribution in [3.63, 3.8) is 0 Å². The zero-order valence-corrected chi connectivity index (χ0v) is 8.43. The monoisotopic (exact) mass is 219 g/mol. The van der Waals surface area contributed by atoms with E-state index in [0.717, 1.165) is 5.56 Å². The lowest BCUT2D eigenvalue weighted by atomic mass is 10.1. The highest BCUT2D eigenvalue weighted by molar-refractivity contribution is 5.28. The molecule has 0 amide bonds. The lowest BCUT2D eigenvalue weighted by Gasteiger charge is -2.12. The maximum absolute atomic E-state index is 11.8. The number of ether oxygens (including phenoxy) is 1. The zero-order valence-electron chi connectivity index (χ0n) is 8.43. The molecule has 0 fully saturated rings. The van der Waals surface area contributed by atoms with Gasteiger partial charge in [0.05, 0.1) is 0 Å². The van der Waals surface area contributed by atoms with E-state index in [1.807, 2.05) is 6.92 Å². The van der Waals surface area contributed by atoms with E-state index >= 15 is 0 Å². The zero-order chi connectivity index (χ0) is 11.5. The van der Waals surface area contributed by atoms with Crippen LogP contribution in [-0.2, 0) is 0 Å². The van der Waals surface area contributed by atoms with Crippen molar-refractivity contribution in [2.45, 2.75) is 19.3 Å². The van der Waals surface area contributed by atoms with Gasteiger partial charge in [0.1, 0.15) is 5.75 Å². The third-order valence-corrected chi connectivity index (χ3v) is 2.05. The lowest BCUT2D eigenvalue weighted by molar-refractivity contribution is -0.274. The number of alkyl halides is 3. The molecule has 1 aromatic rings. The Morgan fingerprint density at radius 2 is 1.73 bits per heavy atom. The fourth-order valence-electron chi connectivity index (χ4n) is 1.12. The van der Waals surface area contributed by atoms with Gasteiger partial charge >= 0.3 is 6.36 Å². The first kappa shape index (κ1) is 11.8. The van der Waals surface area contributed by atoms with E-state index in [-0.39, 0.29) is 11.8 Å². The Bertz CT molecular complexity index is 307. The summed E-state index contributed by atoms with van der Waals surface area (Å²) in [5.74, 6) is -0.199. The minimum absolute atomic E-state index is 0.102. The first-order valence-corrected chi connectivity index (χ1v) is 4.45. The third kappa shape index (κ3) is 3.79. The minimum Gasteiger partial charge on any atom is -0.406 e. The van der Waals surface area contributed by atoms with Gasteiger partial charge in [-0.3, -0.25) is 0 Å². The first-order chi connectivity index (χ1) is 6.92. The average Bonchev–Trinajstić information content (AvgIpc) is 2.15. The van der Waals surface area contributed by atoms with Crippen LogP contribution in [0, 0.1) is 0 Å². The molecule has 15 heavy (non-hydrogen) atoms. The van der Waals surface area contributed by atoms with Crippen LogP contribution in [-0.4, -0.2) is 13.4 Å². The molecule has 1 atom stereocenters. The van der Waals surface area contributed by atoms with E-state index < -0.39 is 6.36 Å². The summed E-state index contributed by atoms with van der Waals surface area (Å²) in [7, 11) is 1.78. The van der Waals surface area contributed by atoms with Crippen LogP contribution in [0.25, 0.3) is 0 Å². The van der Waals surface area contributed by atoms with Gasteiger partial charge in [-0.1, -0.05) is 12.1 Å². The highest BCUT2D eigenvalue weighted by Gasteiger charge is 2.30. The van der Waals surface area contributed by atoms with Gasteiger partial charge < -0.3 is 10.1 Å². The quantitative estimate of drug-likeness (QED) is 0.844. The van der Waals surface area contributed by atoms with E-state index in [4.69, 9.17) is 0 Å². The van der Waals surface area contributed by atoms with Crippen molar-refractivity contribution >= 4 is 0 Å². The van der Waals surface area contributed by atoms with Crippen LogP contribution < -0.4 is 10.1 Å². The molecule has 0 aliphatic carbocycles. The summed E-state index contributed by atoms with van der Waals surface area (Å²) in [4.78, 5) is 0. The molecule has 1 aromatic carbocycles. The molecule has 1 N–H and O–H groups in total. The molecule has 0 spiro atoms. The highest BCUT2D eigenvalue weighted by atomic mass is 19.4. The van der Waals surface area contributed by atoms with E-state index in [0.29, 0.717) is 0 Å². The minimum atomic E-state index is -4.63. The molecule has 0 radical (unpaired) electrons. The highest BCUT2D eigenvalue weighted by Crippen LogP contribution is 2.24. The lowest BCUT2D eigenvalue weighted by Crippen LogP contribution is -2.17. The molecular formula is C10H12F3NO. The van der Waals surface area contributed by atoms with Crippen LogP contribution >= 0.6 is 0 Å². The van der Waals surface area contributed by atoms with Crippen molar-refractivity contribution < 1.29 is 17.9 Å². The molecule has 0 aromatic heterocycles. The Balaban J connectivity index is 2.72. The molecular weight excluding hydrogens is 207 g/mol. The van der Waals surface area contributed by atoms with E-state index in [9.17, 15) is 13.2 Å². The molecule has 0 aliphatic rings. The number of hydrogen-bond donors (Lipinski definition) is 1. The second-order valence-electron chi connectivity index (χ2n) is 3.13. The van der Waals surface area contributed by atoms with Gasteiger partial charge in [0.15, 0.2) is 0 Å². The summed E-state index contributed by atoms with van der Waals surface area (Å²) in [6.45, 7) is 1.92. The Kier molecular flexibility index (Phi) is 3.57. The Morgan fingerprint density at radius 1 is 1.20 bits per heavy atom. The van der Waals surface area contributed by atoms with Gasteiger partial charge in [0, 0.05) is 6.04 Å². The second-order valence-corrected chi connectivity index (χ2v) is 3.13. The van der Waals surface area contributed by atoms with Crippen LogP contribution in [0.15, 0.2) is 24.3 Å². The first-order valence-electron chi connectivity index (χ1n) is 4.45. The average molecular weight is 219 g/mol. The summed E-state index contributed by atoms with van der Waals surface area (Å²) in [6, 6.07) is 5.91. The van der Waals surface area contributed by atoms with Crippen LogP contribution in [0.3, 0.4) is 0 Å². The summed E-state index contributed by atoms with van der Waals surface area (Å²) in [5.41, 5.74) is 0.909. The van der Waals surface area contributed by atoms with Crippen molar-refractivity contribution in [3.8, 4) is 5.75 Å². The number of hydrogen-bond acceptors (Lipinski definition) is 2. The van der Waals surface area contributed by atoms with E-state index in [2.05, 4.69) is 10.1 Å². The van der Waals surface area contributed by atoms with Crippen LogP contribution in [0.1, 0.15) is 18.5 Å². The normalized spacial score (nSPS) is 13.7. The molecule has 0 bridgehead atoms. The molecule has 0 saturated carbocycles. The molecule has 0 heterocycles. The predicted molar refractivity (Wildman–Crippen MR) is 50.6 cm³/mol. The summed E-state index contributed by atoms with van der Waals surface area (Å²) in [5, 5.41) is 2.99. The molecule has 0 unspecified atom stereocenters. The van der Waals surface area contributed by atoms with Crippen molar-refractivity contribution in [2.24, 2.45) is 0 Å². The van der Waals surface area contributed by atoms with Gasteiger partial charge in [-0.2, -0.15) is 0 Å². The van der Waals surface area contributed by atoms with Gasteiger partial charge in [-0.15, -0.1) is 13.2 Å². The van der Waals surface area contributed by atoms with Crippen LogP contribution in [0.5, 0.6) is 5.75 Å². The van der Waals surface area contributed by atoms with E-state index in [1.165, 1.54) is 12.1 Å². The summed E-state index contributed by atoms with van der Waals surface area (Å²) in [6.07, 6.45) is -4.63. The number of benzene rings is 1. The fraction of sp³-hybridized carbons (Fsp3) is 0.400. The second kappa shape index (κ2) is 4.53. The number of nitrogens with one attached hydrogen (secondary N) is 1. The third-order valence-electron chi connectivity index (χ3n) is 2.05. The maximum Gasteiger partial charge on any atom is 0.573 e. The predicted octanol–water partition coefficient (Wildman–Crippen LogP) is 2.87. The molecule has 5 heteroatoms. The Labute approximate surface area is 86.1 Å². The SMILES string of the molecule is CN[C@@H](C)c1ccc(OC(F)(F)F)cc1. The maximum atomic E-state index is 11.8. The molecule has 2 nitrogen and oxygen atoms in total. The van der Waals surface area contributed by atoms with Crippen molar-refractivity contribution in [1.29, 1.82) is 0 Å². The van der Waals surface area contributed by atoms with Gasteiger partial charge in [0.25, 0.3) is 0 Å². The van der Waals surface area contributed by atoms with Gasteiger partial charge in [-0.25, -0.2) is 0 Å². The summed E-state index contributed by atoms with van der Waals surface area (Å²) >= 11 is 0. The summed E-state index contributed by atoms with van der Waals surface area (Å²) < 4.78 is 39.2. The van der Waals surface area contributed by atoms with Crippen molar-refractivity contribution in [3.05, 3.63) is 29.8 Å². The molecule has 1 rings (SSSR count). The topological polar surface area (TPSA) is 21.3 Å². The Morgan fingerprint density at radius 3 is 2.13 bits per heavy atom. The molecule has 84 valence electrons. The van der Waals surface area contributed by atoms with Crippen molar-refractivity contribution in [2.75, 3.05) is 7.05 Å². The largest absolute Gasteiger partial charge is 0.573 e. The molecule has 0 aliphatic heterocycles. The molecule has 0 saturated heterocycles. The van der Waals surface area contributed by atoms with Crippen LogP contribution in [0.4, 0.5) is 13.2 Å². The van der Waals surface area contributed by atoms with Gasteiger partial charge in [-0.05, 0) is 31.7 Å². The van der Waals surface area contributed by atoms with Gasteiger partial charge in [0.2, 0.25) is 0 Å². The van der Waals surface area contributed by atoms with Crippen molar-refractivity contribution in [1.82, 2.24) is 5.32 Å². The van der Waals surface area contributed by atoms with Crippen LogP contribution in [0.2, 0.25) is 0 Å². The standard InChI is InChI=1S/C10H12F3NO/c1-7(14-2)8-3-5-9(6-4-8)15-10(11,12)13/h3-7,14H,1-2H3/t7-/m0/s1. The fourth-order valence-corrected chi connectivity index (χ4v) is 1.12. The smallest absolute Gasteiger partial charge is 0.406 e. The van der Waals surface area contributed by atoms with E-state index in [1.54, 1.807) is 19.2 Å². The number of halogens is 3.